The molecule has 2 rings (SSSR count). The highest BCUT2D eigenvalue weighted by molar-refractivity contribution is 6.31. The number of Topliss-reactive ketones (excluding diaryl/α,β-unsaturated/α-hetero) is 3. The fourth-order valence-electron chi connectivity index (χ4n) is 2.58. The van der Waals surface area contributed by atoms with Crippen LogP contribution in [0.15, 0.2) is 24.3 Å². The summed E-state index contributed by atoms with van der Waals surface area (Å²) in [5, 5.41) is 0.541. The van der Waals surface area contributed by atoms with Crippen molar-refractivity contribution in [2.75, 3.05) is 13.7 Å². The molecule has 0 aliphatic heterocycles. The third-order valence-electron chi connectivity index (χ3n) is 3.49. The molecule has 106 valence electrons. The lowest BCUT2D eigenvalue weighted by atomic mass is 9.75. The monoisotopic (exact) mass is 294 g/mol. The number of carbonyl (C=O) groups is 3. The molecule has 5 heteroatoms. The van der Waals surface area contributed by atoms with E-state index < -0.39 is 11.7 Å². The normalized spacial score (nSPS) is 22.9. The van der Waals surface area contributed by atoms with Gasteiger partial charge in [-0.15, -0.1) is 0 Å². The summed E-state index contributed by atoms with van der Waals surface area (Å²) in [7, 11) is 1.36. The maximum absolute atomic E-state index is 12.1. The SMILES string of the molecule is COCC(=O)C1C(=O)CC(c2ccccc2Cl)CC1=O. The van der Waals surface area contributed by atoms with E-state index in [0.29, 0.717) is 5.02 Å². The number of methoxy groups -OCH3 is 1. The molecule has 4 nitrogen and oxygen atoms in total. The molecule has 1 saturated carbocycles. The fourth-order valence-corrected chi connectivity index (χ4v) is 2.87. The second-order valence-corrected chi connectivity index (χ2v) is 5.30. The molecule has 1 aliphatic carbocycles. The summed E-state index contributed by atoms with van der Waals surface area (Å²) >= 11 is 6.09. The molecular formula is C15H15ClO4. The zero-order valence-electron chi connectivity index (χ0n) is 11.1. The molecule has 0 unspecified atom stereocenters. The van der Waals surface area contributed by atoms with E-state index in [-0.39, 0.29) is 36.9 Å². The van der Waals surface area contributed by atoms with Crippen molar-refractivity contribution >= 4 is 29.0 Å². The summed E-state index contributed by atoms with van der Waals surface area (Å²) in [6.45, 7) is -0.209. The molecular weight excluding hydrogens is 280 g/mol. The number of halogens is 1. The molecule has 1 aromatic carbocycles. The van der Waals surface area contributed by atoms with E-state index in [1.165, 1.54) is 7.11 Å². The minimum absolute atomic E-state index is 0.162. The van der Waals surface area contributed by atoms with E-state index in [9.17, 15) is 14.4 Å². The Labute approximate surface area is 122 Å². The summed E-state index contributed by atoms with van der Waals surface area (Å²) < 4.78 is 4.71. The van der Waals surface area contributed by atoms with Crippen molar-refractivity contribution in [3.05, 3.63) is 34.9 Å². The summed E-state index contributed by atoms with van der Waals surface area (Å²) in [5.74, 6) is -2.54. The van der Waals surface area contributed by atoms with Crippen molar-refractivity contribution in [3.8, 4) is 0 Å². The van der Waals surface area contributed by atoms with Gasteiger partial charge in [0.25, 0.3) is 0 Å². The van der Waals surface area contributed by atoms with Gasteiger partial charge in [0, 0.05) is 25.0 Å². The van der Waals surface area contributed by atoms with E-state index in [4.69, 9.17) is 16.3 Å². The van der Waals surface area contributed by atoms with Gasteiger partial charge < -0.3 is 4.74 Å². The zero-order chi connectivity index (χ0) is 14.7. The Morgan fingerprint density at radius 2 is 1.85 bits per heavy atom. The lowest BCUT2D eigenvalue weighted by Crippen LogP contribution is -2.39. The van der Waals surface area contributed by atoms with Crippen LogP contribution in [0.5, 0.6) is 0 Å². The molecule has 0 aromatic heterocycles. The van der Waals surface area contributed by atoms with Gasteiger partial charge in [0.2, 0.25) is 0 Å². The first-order valence-electron chi connectivity index (χ1n) is 6.36. The topological polar surface area (TPSA) is 60.4 Å². The number of hydrogen-bond donors (Lipinski definition) is 0. The van der Waals surface area contributed by atoms with Crippen molar-refractivity contribution in [2.24, 2.45) is 5.92 Å². The first-order chi connectivity index (χ1) is 9.54. The molecule has 0 bridgehead atoms. The number of ketones is 3. The Hall–Kier alpha value is -1.52. The first-order valence-corrected chi connectivity index (χ1v) is 6.74. The van der Waals surface area contributed by atoms with Crippen LogP contribution in [0.3, 0.4) is 0 Å². The maximum Gasteiger partial charge on any atom is 0.176 e. The van der Waals surface area contributed by atoms with Gasteiger partial charge >= 0.3 is 0 Å². The molecule has 1 aromatic rings. The Morgan fingerprint density at radius 1 is 1.25 bits per heavy atom. The molecule has 0 atom stereocenters. The number of ether oxygens (including phenoxy) is 1. The highest BCUT2D eigenvalue weighted by atomic mass is 35.5. The first kappa shape index (κ1) is 14.9. The van der Waals surface area contributed by atoms with Crippen LogP contribution in [0.2, 0.25) is 5.02 Å². The summed E-state index contributed by atoms with van der Waals surface area (Å²) in [4.78, 5) is 35.9. The van der Waals surface area contributed by atoms with E-state index in [2.05, 4.69) is 0 Å². The molecule has 0 spiro atoms. The van der Waals surface area contributed by atoms with E-state index >= 15 is 0 Å². The van der Waals surface area contributed by atoms with Crippen LogP contribution >= 0.6 is 11.6 Å². The largest absolute Gasteiger partial charge is 0.377 e. The molecule has 0 radical (unpaired) electrons. The Balaban J connectivity index is 2.18. The van der Waals surface area contributed by atoms with Gasteiger partial charge in [0.1, 0.15) is 12.5 Å². The molecule has 1 aliphatic rings. The Kier molecular flexibility index (Phi) is 4.68. The van der Waals surface area contributed by atoms with Crippen molar-refractivity contribution in [3.63, 3.8) is 0 Å². The highest BCUT2D eigenvalue weighted by Crippen LogP contribution is 2.35. The van der Waals surface area contributed by atoms with Crippen LogP contribution in [-0.2, 0) is 19.1 Å². The summed E-state index contributed by atoms with van der Waals surface area (Å²) in [6, 6.07) is 7.15. The van der Waals surface area contributed by atoms with Crippen LogP contribution in [-0.4, -0.2) is 31.1 Å². The minimum Gasteiger partial charge on any atom is -0.377 e. The second kappa shape index (κ2) is 6.29. The maximum atomic E-state index is 12.1. The molecule has 20 heavy (non-hydrogen) atoms. The molecule has 0 saturated heterocycles. The van der Waals surface area contributed by atoms with Gasteiger partial charge in [-0.25, -0.2) is 0 Å². The Bertz CT molecular complexity index is 535. The van der Waals surface area contributed by atoms with Crippen LogP contribution < -0.4 is 0 Å². The third kappa shape index (κ3) is 2.97. The number of benzene rings is 1. The predicted octanol–water partition coefficient (Wildman–Crippen LogP) is 2.19. The third-order valence-corrected chi connectivity index (χ3v) is 3.84. The average molecular weight is 295 g/mol. The van der Waals surface area contributed by atoms with E-state index in [1.807, 2.05) is 12.1 Å². The molecule has 1 fully saturated rings. The predicted molar refractivity (Wildman–Crippen MR) is 73.8 cm³/mol. The van der Waals surface area contributed by atoms with Crippen LogP contribution in [0, 0.1) is 5.92 Å². The number of carbonyl (C=O) groups excluding carboxylic acids is 3. The van der Waals surface area contributed by atoms with Crippen molar-refractivity contribution in [1.29, 1.82) is 0 Å². The summed E-state index contributed by atoms with van der Waals surface area (Å²) in [6.07, 6.45) is 0.325. The lowest BCUT2D eigenvalue weighted by Gasteiger charge is -2.26. The van der Waals surface area contributed by atoms with Crippen LogP contribution in [0.25, 0.3) is 0 Å². The van der Waals surface area contributed by atoms with Gasteiger partial charge in [-0.05, 0) is 17.5 Å². The van der Waals surface area contributed by atoms with Gasteiger partial charge in [0.05, 0.1) is 0 Å². The quantitative estimate of drug-likeness (QED) is 0.799. The Morgan fingerprint density at radius 3 is 2.40 bits per heavy atom. The van der Waals surface area contributed by atoms with Crippen LogP contribution in [0.1, 0.15) is 24.3 Å². The molecule has 0 N–H and O–H groups in total. The van der Waals surface area contributed by atoms with E-state index in [0.717, 1.165) is 5.56 Å². The van der Waals surface area contributed by atoms with Gasteiger partial charge in [-0.2, -0.15) is 0 Å². The molecule has 0 amide bonds. The van der Waals surface area contributed by atoms with Gasteiger partial charge in [0.15, 0.2) is 17.3 Å². The summed E-state index contributed by atoms with van der Waals surface area (Å²) in [5.41, 5.74) is 0.786. The van der Waals surface area contributed by atoms with E-state index in [1.54, 1.807) is 12.1 Å². The van der Waals surface area contributed by atoms with Crippen molar-refractivity contribution in [1.82, 2.24) is 0 Å². The van der Waals surface area contributed by atoms with Gasteiger partial charge in [-0.1, -0.05) is 29.8 Å². The van der Waals surface area contributed by atoms with Crippen LogP contribution in [0.4, 0.5) is 0 Å². The standard InChI is InChI=1S/C15H15ClO4/c1-20-8-14(19)15-12(17)6-9(7-13(15)18)10-4-2-3-5-11(10)16/h2-5,9,15H,6-8H2,1H3. The zero-order valence-corrected chi connectivity index (χ0v) is 11.9. The number of hydrogen-bond acceptors (Lipinski definition) is 4. The van der Waals surface area contributed by atoms with Gasteiger partial charge in [-0.3, -0.25) is 14.4 Å². The minimum atomic E-state index is -1.16. The number of rotatable bonds is 4. The molecule has 0 heterocycles. The second-order valence-electron chi connectivity index (χ2n) is 4.89. The fraction of sp³-hybridized carbons (Fsp3) is 0.400. The average Bonchev–Trinajstić information content (AvgIpc) is 2.38. The highest BCUT2D eigenvalue weighted by Gasteiger charge is 2.40. The lowest BCUT2D eigenvalue weighted by molar-refractivity contribution is -0.144. The smallest absolute Gasteiger partial charge is 0.176 e. The van der Waals surface area contributed by atoms with Crippen molar-refractivity contribution in [2.45, 2.75) is 18.8 Å². The van der Waals surface area contributed by atoms with Crippen molar-refractivity contribution < 1.29 is 19.1 Å².